The average Bonchev–Trinajstić information content (AvgIpc) is 2.79. The number of benzene rings is 1. The summed E-state index contributed by atoms with van der Waals surface area (Å²) in [6.07, 6.45) is 1.09. The molecule has 0 aliphatic rings. The van der Waals surface area contributed by atoms with Crippen LogP contribution in [0.4, 0.5) is 11.4 Å². The van der Waals surface area contributed by atoms with Gasteiger partial charge in [0.15, 0.2) is 0 Å². The van der Waals surface area contributed by atoms with Crippen LogP contribution in [0.25, 0.3) is 0 Å². The number of hydrogen-bond acceptors (Lipinski definition) is 3. The van der Waals surface area contributed by atoms with Crippen molar-refractivity contribution in [1.82, 2.24) is 0 Å². The van der Waals surface area contributed by atoms with Crippen LogP contribution in [-0.4, -0.2) is 0 Å². The third-order valence-corrected chi connectivity index (χ3v) is 4.63. The Labute approximate surface area is 120 Å². The molecule has 2 nitrogen and oxygen atoms in total. The van der Waals surface area contributed by atoms with Crippen LogP contribution in [0.15, 0.2) is 28.1 Å². The summed E-state index contributed by atoms with van der Waals surface area (Å²) in [5.74, 6) is 0. The largest absolute Gasteiger partial charge is 0.398 e. The van der Waals surface area contributed by atoms with E-state index >= 15 is 0 Å². The third-order valence-electron chi connectivity index (χ3n) is 3.01. The van der Waals surface area contributed by atoms with Crippen molar-refractivity contribution in [2.45, 2.75) is 26.8 Å². The minimum absolute atomic E-state index is 0.817. The van der Waals surface area contributed by atoms with Gasteiger partial charge in [0.05, 0.1) is 0 Å². The van der Waals surface area contributed by atoms with Gasteiger partial charge in [-0.2, -0.15) is 0 Å². The summed E-state index contributed by atoms with van der Waals surface area (Å²) in [6.45, 7) is 5.08. The fourth-order valence-corrected chi connectivity index (χ4v) is 3.26. The zero-order chi connectivity index (χ0) is 13.1. The SMILES string of the molecule is CCc1ccsc1CNc1cc(C)c(N)cc1Br. The van der Waals surface area contributed by atoms with Crippen LogP contribution in [0, 0.1) is 6.92 Å². The van der Waals surface area contributed by atoms with Crippen LogP contribution in [0.1, 0.15) is 22.9 Å². The first-order valence-electron chi connectivity index (χ1n) is 5.96. The van der Waals surface area contributed by atoms with Crippen molar-refractivity contribution in [2.75, 3.05) is 11.1 Å². The number of aryl methyl sites for hydroxylation is 2. The maximum atomic E-state index is 5.87. The smallest absolute Gasteiger partial charge is 0.0497 e. The molecule has 0 aliphatic heterocycles. The lowest BCUT2D eigenvalue weighted by Gasteiger charge is -2.11. The van der Waals surface area contributed by atoms with Crippen molar-refractivity contribution in [2.24, 2.45) is 0 Å². The second-order valence-electron chi connectivity index (χ2n) is 4.26. The Kier molecular flexibility index (Phi) is 4.30. The number of rotatable bonds is 4. The van der Waals surface area contributed by atoms with Gasteiger partial charge in [0.1, 0.15) is 0 Å². The summed E-state index contributed by atoms with van der Waals surface area (Å²) in [5.41, 5.74) is 10.3. The highest BCUT2D eigenvalue weighted by molar-refractivity contribution is 9.10. The van der Waals surface area contributed by atoms with Gasteiger partial charge in [-0.1, -0.05) is 6.92 Å². The van der Waals surface area contributed by atoms with Gasteiger partial charge in [0, 0.05) is 27.3 Å². The number of nitrogens with two attached hydrogens (primary N) is 1. The molecule has 0 saturated carbocycles. The van der Waals surface area contributed by atoms with Gasteiger partial charge in [-0.15, -0.1) is 11.3 Å². The van der Waals surface area contributed by atoms with Crippen LogP contribution in [0.2, 0.25) is 0 Å². The second kappa shape index (κ2) is 5.76. The van der Waals surface area contributed by atoms with Crippen LogP contribution in [0.5, 0.6) is 0 Å². The number of nitrogen functional groups attached to an aromatic ring is 1. The molecule has 0 unspecified atom stereocenters. The lowest BCUT2D eigenvalue weighted by Crippen LogP contribution is -2.02. The summed E-state index contributed by atoms with van der Waals surface area (Å²) < 4.78 is 1.01. The molecule has 1 aromatic carbocycles. The molecule has 0 aliphatic carbocycles. The normalized spacial score (nSPS) is 10.6. The van der Waals surface area contributed by atoms with Gasteiger partial charge < -0.3 is 11.1 Å². The molecule has 3 N–H and O–H groups in total. The van der Waals surface area contributed by atoms with Gasteiger partial charge in [0.25, 0.3) is 0 Å². The standard InChI is InChI=1S/C14H17BrN2S/c1-3-10-4-5-18-14(10)8-17-13-6-9(2)12(16)7-11(13)15/h4-7,17H,3,8,16H2,1-2H3. The Morgan fingerprint density at radius 2 is 2.17 bits per heavy atom. The van der Waals surface area contributed by atoms with E-state index < -0.39 is 0 Å². The highest BCUT2D eigenvalue weighted by Gasteiger charge is 2.06. The zero-order valence-corrected chi connectivity index (χ0v) is 13.0. The Morgan fingerprint density at radius 3 is 2.89 bits per heavy atom. The molecular weight excluding hydrogens is 308 g/mol. The Hall–Kier alpha value is -1.00. The Balaban J connectivity index is 2.13. The topological polar surface area (TPSA) is 38.0 Å². The molecule has 1 aromatic heterocycles. The van der Waals surface area contributed by atoms with Gasteiger partial charge in [-0.25, -0.2) is 0 Å². The van der Waals surface area contributed by atoms with E-state index in [9.17, 15) is 0 Å². The number of thiophene rings is 1. The number of hydrogen-bond donors (Lipinski definition) is 2. The molecule has 4 heteroatoms. The third kappa shape index (κ3) is 2.87. The number of anilines is 2. The molecule has 0 fully saturated rings. The molecule has 96 valence electrons. The van der Waals surface area contributed by atoms with Crippen molar-refractivity contribution in [3.63, 3.8) is 0 Å². The molecule has 0 saturated heterocycles. The fraction of sp³-hybridized carbons (Fsp3) is 0.286. The van der Waals surface area contributed by atoms with Crippen LogP contribution in [0.3, 0.4) is 0 Å². The molecule has 1 heterocycles. The number of halogens is 1. The number of nitrogens with one attached hydrogen (secondary N) is 1. The first-order chi connectivity index (χ1) is 8.61. The Morgan fingerprint density at radius 1 is 1.39 bits per heavy atom. The van der Waals surface area contributed by atoms with E-state index in [1.54, 1.807) is 11.3 Å². The second-order valence-corrected chi connectivity index (χ2v) is 6.12. The van der Waals surface area contributed by atoms with Gasteiger partial charge >= 0.3 is 0 Å². The highest BCUT2D eigenvalue weighted by atomic mass is 79.9. The van der Waals surface area contributed by atoms with Crippen molar-refractivity contribution >= 4 is 38.6 Å². The van der Waals surface area contributed by atoms with Gasteiger partial charge in [0.2, 0.25) is 0 Å². The molecule has 0 spiro atoms. The van der Waals surface area contributed by atoms with Gasteiger partial charge in [-0.3, -0.25) is 0 Å². The summed E-state index contributed by atoms with van der Waals surface area (Å²) in [6, 6.07) is 6.23. The predicted octanol–water partition coefficient (Wildman–Crippen LogP) is 4.58. The summed E-state index contributed by atoms with van der Waals surface area (Å²) >= 11 is 5.35. The monoisotopic (exact) mass is 324 g/mol. The fourth-order valence-electron chi connectivity index (χ4n) is 1.85. The van der Waals surface area contributed by atoms with E-state index in [1.807, 2.05) is 13.0 Å². The molecule has 0 bridgehead atoms. The lowest BCUT2D eigenvalue weighted by molar-refractivity contribution is 1.08. The molecule has 18 heavy (non-hydrogen) atoms. The van der Waals surface area contributed by atoms with E-state index in [-0.39, 0.29) is 0 Å². The maximum Gasteiger partial charge on any atom is 0.0497 e. The highest BCUT2D eigenvalue weighted by Crippen LogP contribution is 2.29. The first-order valence-corrected chi connectivity index (χ1v) is 7.63. The van der Waals surface area contributed by atoms with E-state index in [0.29, 0.717) is 0 Å². The van der Waals surface area contributed by atoms with Crippen LogP contribution in [-0.2, 0) is 13.0 Å². The molecule has 2 aromatic rings. The summed E-state index contributed by atoms with van der Waals surface area (Å²) in [4.78, 5) is 1.40. The van der Waals surface area contributed by atoms with Crippen LogP contribution >= 0.6 is 27.3 Å². The Bertz CT molecular complexity index is 549. The summed E-state index contributed by atoms with van der Waals surface area (Å²) in [7, 11) is 0. The first kappa shape index (κ1) is 13.4. The molecule has 0 amide bonds. The van der Waals surface area contributed by atoms with Crippen molar-refractivity contribution in [3.05, 3.63) is 44.1 Å². The molecule has 0 radical (unpaired) electrons. The summed E-state index contributed by atoms with van der Waals surface area (Å²) in [5, 5.41) is 5.62. The quantitative estimate of drug-likeness (QED) is 0.808. The van der Waals surface area contributed by atoms with E-state index in [0.717, 1.165) is 34.4 Å². The average molecular weight is 325 g/mol. The van der Waals surface area contributed by atoms with Crippen molar-refractivity contribution in [1.29, 1.82) is 0 Å². The molecular formula is C14H17BrN2S. The van der Waals surface area contributed by atoms with E-state index in [4.69, 9.17) is 5.73 Å². The van der Waals surface area contributed by atoms with Crippen LogP contribution < -0.4 is 11.1 Å². The predicted molar refractivity (Wildman–Crippen MR) is 84.3 cm³/mol. The minimum atomic E-state index is 0.817. The molecule has 2 rings (SSSR count). The van der Waals surface area contributed by atoms with E-state index in [2.05, 4.69) is 45.7 Å². The van der Waals surface area contributed by atoms with Crippen molar-refractivity contribution in [3.8, 4) is 0 Å². The lowest BCUT2D eigenvalue weighted by atomic mass is 10.1. The van der Waals surface area contributed by atoms with E-state index in [1.165, 1.54) is 10.4 Å². The van der Waals surface area contributed by atoms with Gasteiger partial charge in [-0.05, 0) is 64.0 Å². The molecule has 0 atom stereocenters. The minimum Gasteiger partial charge on any atom is -0.398 e. The van der Waals surface area contributed by atoms with Crippen molar-refractivity contribution < 1.29 is 0 Å². The maximum absolute atomic E-state index is 5.87. The zero-order valence-electron chi connectivity index (χ0n) is 10.6.